The van der Waals surface area contributed by atoms with Gasteiger partial charge in [-0.25, -0.2) is 4.79 Å². The molecule has 0 rings (SSSR count). The number of nitrogens with two attached hydrogens (primary N) is 1. The van der Waals surface area contributed by atoms with Crippen molar-refractivity contribution in [3.8, 4) is 0 Å². The summed E-state index contributed by atoms with van der Waals surface area (Å²) in [5.41, 5.74) is 5.87. The summed E-state index contributed by atoms with van der Waals surface area (Å²) < 4.78 is 0. The molecule has 0 saturated carbocycles. The highest BCUT2D eigenvalue weighted by Crippen LogP contribution is 2.20. The molecule has 12 heteroatoms. The van der Waals surface area contributed by atoms with Gasteiger partial charge in [0.2, 0.25) is 5.91 Å². The predicted molar refractivity (Wildman–Crippen MR) is 127 cm³/mol. The van der Waals surface area contributed by atoms with Gasteiger partial charge in [0.05, 0.1) is 12.5 Å². The molecule has 0 radical (unpaired) electrons. The molecule has 0 aromatic carbocycles. The standard InChI is InChI=1S/C22H39N3O8.ClH/c1-10(2)7-14(23)19(29)21(31)25-18(12(5)6)16(26)8-13(11(3)4)20(30)24-15(22(32)33)9-17(27)28;/h10-15,18-19,29H,7-9,23H2,1-6H3,(H,24,30)(H,25,31)(H,27,28)(H,32,33);1H/t13-,14+,15-,18-,19+;/m0./s1. The van der Waals surface area contributed by atoms with Gasteiger partial charge in [0.15, 0.2) is 5.78 Å². The van der Waals surface area contributed by atoms with E-state index in [0.29, 0.717) is 6.42 Å². The molecule has 0 aromatic heterocycles. The molecule has 0 unspecified atom stereocenters. The molecule has 0 heterocycles. The highest BCUT2D eigenvalue weighted by molar-refractivity contribution is 5.94. The zero-order chi connectivity index (χ0) is 26.0. The Hall–Kier alpha value is -2.24. The van der Waals surface area contributed by atoms with Crippen LogP contribution in [-0.2, 0) is 24.0 Å². The molecule has 2 amide bonds. The fourth-order valence-electron chi connectivity index (χ4n) is 3.35. The minimum Gasteiger partial charge on any atom is -0.481 e. The highest BCUT2D eigenvalue weighted by Gasteiger charge is 2.35. The van der Waals surface area contributed by atoms with Gasteiger partial charge in [-0.15, -0.1) is 12.4 Å². The van der Waals surface area contributed by atoms with Crippen LogP contribution in [0.4, 0.5) is 0 Å². The van der Waals surface area contributed by atoms with Crippen LogP contribution < -0.4 is 16.4 Å². The number of ketones is 1. The molecule has 0 bridgehead atoms. The third-order valence-electron chi connectivity index (χ3n) is 5.28. The Morgan fingerprint density at radius 2 is 1.35 bits per heavy atom. The molecule has 0 saturated heterocycles. The second-order valence-corrected chi connectivity index (χ2v) is 9.49. The largest absolute Gasteiger partial charge is 0.481 e. The van der Waals surface area contributed by atoms with E-state index in [0.717, 1.165) is 0 Å². The Kier molecular flexibility index (Phi) is 15.6. The molecular weight excluding hydrogens is 470 g/mol. The number of hydrogen-bond donors (Lipinski definition) is 6. The van der Waals surface area contributed by atoms with Crippen LogP contribution in [0.2, 0.25) is 0 Å². The summed E-state index contributed by atoms with van der Waals surface area (Å²) in [7, 11) is 0. The van der Waals surface area contributed by atoms with E-state index >= 15 is 0 Å². The quantitative estimate of drug-likeness (QED) is 0.182. The molecule has 34 heavy (non-hydrogen) atoms. The van der Waals surface area contributed by atoms with Crippen molar-refractivity contribution in [2.24, 2.45) is 29.4 Å². The Balaban J connectivity index is 0. The van der Waals surface area contributed by atoms with Gasteiger partial charge in [0.25, 0.3) is 5.91 Å². The summed E-state index contributed by atoms with van der Waals surface area (Å²) in [6.45, 7) is 10.5. The average Bonchev–Trinajstić information content (AvgIpc) is 2.66. The topological polar surface area (TPSA) is 196 Å². The first kappa shape index (κ1) is 33.9. The normalized spacial score (nSPS) is 15.6. The summed E-state index contributed by atoms with van der Waals surface area (Å²) in [6, 6.07) is -3.43. The van der Waals surface area contributed by atoms with E-state index in [9.17, 15) is 29.1 Å². The monoisotopic (exact) mass is 509 g/mol. The zero-order valence-electron chi connectivity index (χ0n) is 20.6. The first-order valence-electron chi connectivity index (χ1n) is 11.1. The number of carbonyl (C=O) groups is 5. The number of Topliss-reactive ketones (excluding diaryl/α,β-unsaturated/α-hetero) is 1. The first-order chi connectivity index (χ1) is 15.1. The lowest BCUT2D eigenvalue weighted by Gasteiger charge is -2.28. The van der Waals surface area contributed by atoms with E-state index in [1.54, 1.807) is 27.7 Å². The number of amides is 2. The molecule has 0 spiro atoms. The minimum absolute atomic E-state index is 0. The van der Waals surface area contributed by atoms with Crippen LogP contribution in [0.3, 0.4) is 0 Å². The smallest absolute Gasteiger partial charge is 0.326 e. The number of rotatable bonds is 15. The second-order valence-electron chi connectivity index (χ2n) is 9.49. The maximum Gasteiger partial charge on any atom is 0.326 e. The molecule has 0 aliphatic rings. The number of hydrogen-bond acceptors (Lipinski definition) is 7. The van der Waals surface area contributed by atoms with Crippen molar-refractivity contribution in [3.05, 3.63) is 0 Å². The van der Waals surface area contributed by atoms with Crippen LogP contribution in [0.25, 0.3) is 0 Å². The summed E-state index contributed by atoms with van der Waals surface area (Å²) in [6.07, 6.45) is -2.21. The molecule has 198 valence electrons. The number of nitrogens with one attached hydrogen (secondary N) is 2. The lowest BCUT2D eigenvalue weighted by Crippen LogP contribution is -2.54. The molecule has 0 aliphatic carbocycles. The number of carboxylic acid groups (broad SMARTS) is 2. The van der Waals surface area contributed by atoms with Gasteiger partial charge in [0.1, 0.15) is 12.1 Å². The van der Waals surface area contributed by atoms with Crippen LogP contribution in [0.15, 0.2) is 0 Å². The fraction of sp³-hybridized carbons (Fsp3) is 0.773. The van der Waals surface area contributed by atoms with Crippen LogP contribution >= 0.6 is 12.4 Å². The molecule has 0 fully saturated rings. The maximum absolute atomic E-state index is 13.0. The van der Waals surface area contributed by atoms with E-state index < -0.39 is 66.1 Å². The Morgan fingerprint density at radius 3 is 1.74 bits per heavy atom. The maximum atomic E-state index is 13.0. The summed E-state index contributed by atoms with van der Waals surface area (Å²) >= 11 is 0. The average molecular weight is 510 g/mol. The lowest BCUT2D eigenvalue weighted by atomic mass is 9.85. The molecule has 5 atom stereocenters. The van der Waals surface area contributed by atoms with Crippen LogP contribution in [0, 0.1) is 23.7 Å². The van der Waals surface area contributed by atoms with Crippen molar-refractivity contribution < 1.29 is 39.3 Å². The third kappa shape index (κ3) is 11.8. The summed E-state index contributed by atoms with van der Waals surface area (Å²) in [4.78, 5) is 60.3. The van der Waals surface area contributed by atoms with E-state index in [1.165, 1.54) is 0 Å². The summed E-state index contributed by atoms with van der Waals surface area (Å²) in [5.74, 6) is -6.43. The molecule has 11 nitrogen and oxygen atoms in total. The Morgan fingerprint density at radius 1 is 0.824 bits per heavy atom. The van der Waals surface area contributed by atoms with Gasteiger partial charge in [-0.05, 0) is 24.2 Å². The van der Waals surface area contributed by atoms with Gasteiger partial charge in [-0.2, -0.15) is 0 Å². The second kappa shape index (κ2) is 15.6. The van der Waals surface area contributed by atoms with E-state index in [1.807, 2.05) is 13.8 Å². The summed E-state index contributed by atoms with van der Waals surface area (Å²) in [5, 5.41) is 32.9. The van der Waals surface area contributed by atoms with Crippen LogP contribution in [0.5, 0.6) is 0 Å². The Labute approximate surface area is 206 Å². The fourth-order valence-corrected chi connectivity index (χ4v) is 3.35. The van der Waals surface area contributed by atoms with Gasteiger partial charge in [0, 0.05) is 18.4 Å². The number of halogens is 1. The predicted octanol–water partition coefficient (Wildman–Crippen LogP) is 0.559. The van der Waals surface area contributed by atoms with Crippen molar-refractivity contribution >= 4 is 41.9 Å². The van der Waals surface area contributed by atoms with Gasteiger partial charge >= 0.3 is 11.9 Å². The van der Waals surface area contributed by atoms with Gasteiger partial charge in [-0.3, -0.25) is 19.2 Å². The van der Waals surface area contributed by atoms with Crippen molar-refractivity contribution in [1.82, 2.24) is 10.6 Å². The van der Waals surface area contributed by atoms with Gasteiger partial charge in [-0.1, -0.05) is 41.5 Å². The highest BCUT2D eigenvalue weighted by atomic mass is 35.5. The first-order valence-corrected chi connectivity index (χ1v) is 11.1. The molecule has 0 aromatic rings. The molecule has 0 aliphatic heterocycles. The molecule has 7 N–H and O–H groups in total. The number of aliphatic hydroxyl groups is 1. The van der Waals surface area contributed by atoms with E-state index in [-0.39, 0.29) is 36.6 Å². The number of aliphatic hydroxyl groups excluding tert-OH is 1. The lowest BCUT2D eigenvalue weighted by molar-refractivity contribution is -0.148. The minimum atomic E-state index is -1.63. The Bertz CT molecular complexity index is 714. The SMILES string of the molecule is CC(C)C[C@@H](N)[C@@H](O)C(=O)N[C@H](C(=O)C[C@H](C(=O)N[C@@H](CC(=O)O)C(=O)O)C(C)C)C(C)C.Cl. The zero-order valence-corrected chi connectivity index (χ0v) is 21.4. The van der Waals surface area contributed by atoms with Crippen LogP contribution in [-0.4, -0.2) is 69.1 Å². The van der Waals surface area contributed by atoms with Crippen LogP contribution in [0.1, 0.15) is 60.8 Å². The van der Waals surface area contributed by atoms with Crippen molar-refractivity contribution in [1.29, 1.82) is 0 Å². The van der Waals surface area contributed by atoms with Gasteiger partial charge < -0.3 is 31.7 Å². The number of carboxylic acids is 2. The van der Waals surface area contributed by atoms with E-state index in [4.69, 9.17) is 15.9 Å². The van der Waals surface area contributed by atoms with Crippen molar-refractivity contribution in [3.63, 3.8) is 0 Å². The number of carbonyl (C=O) groups excluding carboxylic acids is 3. The van der Waals surface area contributed by atoms with Crippen molar-refractivity contribution in [2.75, 3.05) is 0 Å². The van der Waals surface area contributed by atoms with E-state index in [2.05, 4.69) is 10.6 Å². The van der Waals surface area contributed by atoms with Crippen molar-refractivity contribution in [2.45, 2.75) is 85.0 Å². The molecular formula is C22H40ClN3O8. The third-order valence-corrected chi connectivity index (χ3v) is 5.28. The number of aliphatic carboxylic acids is 2.